The SMILES string of the molecule is COCCNC/C(C)=C/c1ccc(F)c(C(F)(F)F)c1. The Balaban J connectivity index is 2.77. The van der Waals surface area contributed by atoms with Crippen LogP contribution >= 0.6 is 0 Å². The number of hydrogen-bond acceptors (Lipinski definition) is 2. The third kappa shape index (κ3) is 5.30. The summed E-state index contributed by atoms with van der Waals surface area (Å²) in [6, 6.07) is 2.97. The van der Waals surface area contributed by atoms with E-state index in [4.69, 9.17) is 4.74 Å². The van der Waals surface area contributed by atoms with Crippen LogP contribution in [0.2, 0.25) is 0 Å². The van der Waals surface area contributed by atoms with Gasteiger partial charge in [0.25, 0.3) is 0 Å². The highest BCUT2D eigenvalue weighted by Crippen LogP contribution is 2.32. The normalized spacial score (nSPS) is 12.8. The molecule has 0 saturated carbocycles. The van der Waals surface area contributed by atoms with Crippen LogP contribution in [0, 0.1) is 5.82 Å². The fourth-order valence-corrected chi connectivity index (χ4v) is 1.65. The molecule has 0 unspecified atom stereocenters. The number of methoxy groups -OCH3 is 1. The zero-order chi connectivity index (χ0) is 15.2. The second kappa shape index (κ2) is 7.40. The molecular weight excluding hydrogens is 274 g/mol. The second-order valence-corrected chi connectivity index (χ2v) is 4.40. The van der Waals surface area contributed by atoms with Gasteiger partial charge in [-0.2, -0.15) is 13.2 Å². The van der Waals surface area contributed by atoms with Crippen molar-refractivity contribution in [2.24, 2.45) is 0 Å². The molecule has 6 heteroatoms. The lowest BCUT2D eigenvalue weighted by atomic mass is 10.1. The third-order valence-corrected chi connectivity index (χ3v) is 2.60. The number of benzene rings is 1. The molecule has 0 saturated heterocycles. The fourth-order valence-electron chi connectivity index (χ4n) is 1.65. The summed E-state index contributed by atoms with van der Waals surface area (Å²) < 4.78 is 55.7. The first kappa shape index (κ1) is 16.7. The molecule has 1 N–H and O–H groups in total. The molecule has 0 radical (unpaired) electrons. The van der Waals surface area contributed by atoms with Gasteiger partial charge in [-0.15, -0.1) is 0 Å². The Morgan fingerprint density at radius 2 is 2.05 bits per heavy atom. The minimum absolute atomic E-state index is 0.324. The highest BCUT2D eigenvalue weighted by molar-refractivity contribution is 5.54. The van der Waals surface area contributed by atoms with E-state index in [-0.39, 0.29) is 0 Å². The van der Waals surface area contributed by atoms with E-state index in [1.54, 1.807) is 20.1 Å². The van der Waals surface area contributed by atoms with E-state index in [1.807, 2.05) is 0 Å². The molecule has 0 aromatic heterocycles. The minimum Gasteiger partial charge on any atom is -0.383 e. The molecule has 0 fully saturated rings. The summed E-state index contributed by atoms with van der Waals surface area (Å²) >= 11 is 0. The van der Waals surface area contributed by atoms with E-state index in [9.17, 15) is 17.6 Å². The third-order valence-electron chi connectivity index (χ3n) is 2.60. The first-order valence-corrected chi connectivity index (χ1v) is 6.08. The molecule has 112 valence electrons. The number of rotatable bonds is 6. The van der Waals surface area contributed by atoms with Crippen molar-refractivity contribution in [2.45, 2.75) is 13.1 Å². The van der Waals surface area contributed by atoms with Crippen LogP contribution in [0.4, 0.5) is 17.6 Å². The lowest BCUT2D eigenvalue weighted by Gasteiger charge is -2.09. The van der Waals surface area contributed by atoms with E-state index in [0.29, 0.717) is 25.3 Å². The average Bonchev–Trinajstić information content (AvgIpc) is 2.36. The smallest absolute Gasteiger partial charge is 0.383 e. The Bertz CT molecular complexity index is 469. The number of hydrogen-bond donors (Lipinski definition) is 1. The summed E-state index contributed by atoms with van der Waals surface area (Å²) in [5.74, 6) is -1.26. The van der Waals surface area contributed by atoms with Crippen molar-refractivity contribution in [1.29, 1.82) is 0 Å². The van der Waals surface area contributed by atoms with Gasteiger partial charge in [0.2, 0.25) is 0 Å². The van der Waals surface area contributed by atoms with Crippen LogP contribution < -0.4 is 5.32 Å². The van der Waals surface area contributed by atoms with E-state index in [2.05, 4.69) is 5.32 Å². The predicted octanol–water partition coefficient (Wildman–Crippen LogP) is 3.48. The van der Waals surface area contributed by atoms with Gasteiger partial charge in [0.05, 0.1) is 12.2 Å². The van der Waals surface area contributed by atoms with E-state index >= 15 is 0 Å². The van der Waals surface area contributed by atoms with Gasteiger partial charge in [-0.3, -0.25) is 0 Å². The Kier molecular flexibility index (Phi) is 6.16. The molecule has 1 rings (SSSR count). The van der Waals surface area contributed by atoms with Crippen LogP contribution in [0.3, 0.4) is 0 Å². The Morgan fingerprint density at radius 1 is 1.35 bits per heavy atom. The molecule has 1 aromatic carbocycles. The standard InChI is InChI=1S/C14H17F4NO/c1-10(9-19-5-6-20-2)7-11-3-4-13(15)12(8-11)14(16,17)18/h3-4,7-8,19H,5-6,9H2,1-2H3/b10-7+. The summed E-state index contributed by atoms with van der Waals surface area (Å²) in [6.45, 7) is 3.53. The first-order chi connectivity index (χ1) is 9.34. The Labute approximate surface area is 115 Å². The predicted molar refractivity (Wildman–Crippen MR) is 69.8 cm³/mol. The molecule has 0 spiro atoms. The van der Waals surface area contributed by atoms with Gasteiger partial charge in [0.15, 0.2) is 0 Å². The molecule has 0 atom stereocenters. The first-order valence-electron chi connectivity index (χ1n) is 6.08. The maximum absolute atomic E-state index is 13.1. The molecular formula is C14H17F4NO. The quantitative estimate of drug-likeness (QED) is 0.640. The summed E-state index contributed by atoms with van der Waals surface area (Å²) in [5.41, 5.74) is -0.0722. The van der Waals surface area contributed by atoms with E-state index in [1.165, 1.54) is 6.07 Å². The maximum Gasteiger partial charge on any atom is 0.419 e. The van der Waals surface area contributed by atoms with Gasteiger partial charge >= 0.3 is 6.18 Å². The van der Waals surface area contributed by atoms with Gasteiger partial charge in [-0.1, -0.05) is 17.7 Å². The van der Waals surface area contributed by atoms with Crippen LogP contribution in [0.1, 0.15) is 18.1 Å². The molecule has 1 aromatic rings. The van der Waals surface area contributed by atoms with Crippen LogP contribution in [0.5, 0.6) is 0 Å². The van der Waals surface area contributed by atoms with E-state index < -0.39 is 17.6 Å². The molecule has 0 aliphatic rings. The maximum atomic E-state index is 13.1. The highest BCUT2D eigenvalue weighted by Gasteiger charge is 2.33. The van der Waals surface area contributed by atoms with Crippen LogP contribution in [-0.2, 0) is 10.9 Å². The summed E-state index contributed by atoms with van der Waals surface area (Å²) in [4.78, 5) is 0. The summed E-state index contributed by atoms with van der Waals surface area (Å²) in [6.07, 6.45) is -3.09. The van der Waals surface area contributed by atoms with E-state index in [0.717, 1.165) is 17.7 Å². The zero-order valence-corrected chi connectivity index (χ0v) is 11.4. The molecule has 0 amide bonds. The van der Waals surface area contributed by atoms with Crippen molar-refractivity contribution in [2.75, 3.05) is 26.8 Å². The van der Waals surface area contributed by atoms with Crippen molar-refractivity contribution in [3.63, 3.8) is 0 Å². The van der Waals surface area contributed by atoms with Crippen molar-refractivity contribution >= 4 is 6.08 Å². The van der Waals surface area contributed by atoms with Crippen LogP contribution in [0.15, 0.2) is 23.8 Å². The van der Waals surface area contributed by atoms with Crippen LogP contribution in [-0.4, -0.2) is 26.8 Å². The Morgan fingerprint density at radius 3 is 2.65 bits per heavy atom. The highest BCUT2D eigenvalue weighted by atomic mass is 19.4. The molecule has 0 aliphatic heterocycles. The molecule has 20 heavy (non-hydrogen) atoms. The zero-order valence-electron chi connectivity index (χ0n) is 11.4. The molecule has 0 bridgehead atoms. The molecule has 2 nitrogen and oxygen atoms in total. The lowest BCUT2D eigenvalue weighted by molar-refractivity contribution is -0.140. The second-order valence-electron chi connectivity index (χ2n) is 4.40. The van der Waals surface area contributed by atoms with Gasteiger partial charge < -0.3 is 10.1 Å². The summed E-state index contributed by atoms with van der Waals surface area (Å²) in [5, 5.41) is 3.07. The molecule has 0 aliphatic carbocycles. The number of alkyl halides is 3. The van der Waals surface area contributed by atoms with Crippen LogP contribution in [0.25, 0.3) is 6.08 Å². The van der Waals surface area contributed by atoms with Gasteiger partial charge in [-0.05, 0) is 24.6 Å². The van der Waals surface area contributed by atoms with Crippen molar-refractivity contribution < 1.29 is 22.3 Å². The Hall–Kier alpha value is -1.40. The number of nitrogens with one attached hydrogen (secondary N) is 1. The average molecular weight is 291 g/mol. The van der Waals surface area contributed by atoms with Gasteiger partial charge in [0.1, 0.15) is 5.82 Å². The fraction of sp³-hybridized carbons (Fsp3) is 0.429. The number of ether oxygens (including phenoxy) is 1. The molecule has 0 heterocycles. The monoisotopic (exact) mass is 291 g/mol. The van der Waals surface area contributed by atoms with Gasteiger partial charge in [0, 0.05) is 20.2 Å². The van der Waals surface area contributed by atoms with Gasteiger partial charge in [-0.25, -0.2) is 4.39 Å². The minimum atomic E-state index is -4.68. The van der Waals surface area contributed by atoms with Crippen molar-refractivity contribution in [3.8, 4) is 0 Å². The summed E-state index contributed by atoms with van der Waals surface area (Å²) in [7, 11) is 1.58. The van der Waals surface area contributed by atoms with Crippen molar-refractivity contribution in [1.82, 2.24) is 5.32 Å². The topological polar surface area (TPSA) is 21.3 Å². The van der Waals surface area contributed by atoms with Crippen molar-refractivity contribution in [3.05, 3.63) is 40.7 Å². The largest absolute Gasteiger partial charge is 0.419 e. The lowest BCUT2D eigenvalue weighted by Crippen LogP contribution is -2.20. The number of halogens is 4.